The van der Waals surface area contributed by atoms with E-state index in [9.17, 15) is 5.11 Å². The second kappa shape index (κ2) is 4.23. The van der Waals surface area contributed by atoms with Gasteiger partial charge in [0.25, 0.3) is 0 Å². The van der Waals surface area contributed by atoms with Crippen LogP contribution in [0.5, 0.6) is 0 Å². The maximum Gasteiger partial charge on any atom is 0.161 e. The van der Waals surface area contributed by atoms with Gasteiger partial charge in [-0.25, -0.2) is 9.67 Å². The van der Waals surface area contributed by atoms with Crippen LogP contribution in [0.3, 0.4) is 0 Å². The number of nitrogens with zero attached hydrogens (tertiary/aromatic N) is 3. The van der Waals surface area contributed by atoms with Crippen molar-refractivity contribution >= 4 is 10.8 Å². The molecule has 4 heteroatoms. The van der Waals surface area contributed by atoms with Crippen molar-refractivity contribution in [2.45, 2.75) is 13.5 Å². The number of pyridine rings is 1. The Balaban J connectivity index is 2.32. The Hall–Kier alpha value is -2.20. The van der Waals surface area contributed by atoms with Crippen LogP contribution in [0.15, 0.2) is 42.7 Å². The van der Waals surface area contributed by atoms with E-state index in [2.05, 4.69) is 10.1 Å². The van der Waals surface area contributed by atoms with Gasteiger partial charge in [0.2, 0.25) is 0 Å². The molecule has 0 aliphatic rings. The van der Waals surface area contributed by atoms with Gasteiger partial charge in [0.05, 0.1) is 18.5 Å². The molecule has 0 saturated carbocycles. The fourth-order valence-electron chi connectivity index (χ4n) is 2.02. The number of benzene rings is 1. The Morgan fingerprint density at radius 2 is 2.11 bits per heavy atom. The van der Waals surface area contributed by atoms with Gasteiger partial charge in [-0.15, -0.1) is 0 Å². The first-order chi connectivity index (χ1) is 8.78. The van der Waals surface area contributed by atoms with E-state index in [1.165, 1.54) is 0 Å². The molecule has 2 heterocycles. The molecule has 0 radical (unpaired) electrons. The molecule has 1 N–H and O–H groups in total. The van der Waals surface area contributed by atoms with Crippen molar-refractivity contribution in [2.24, 2.45) is 0 Å². The van der Waals surface area contributed by atoms with Crippen LogP contribution < -0.4 is 0 Å². The maximum atomic E-state index is 9.28. The molecule has 0 fully saturated rings. The molecule has 0 saturated heterocycles. The smallest absolute Gasteiger partial charge is 0.161 e. The molecule has 90 valence electrons. The Kier molecular flexibility index (Phi) is 2.57. The van der Waals surface area contributed by atoms with Crippen LogP contribution in [0, 0.1) is 6.92 Å². The van der Waals surface area contributed by atoms with Crippen molar-refractivity contribution in [3.05, 3.63) is 54.0 Å². The lowest BCUT2D eigenvalue weighted by Crippen LogP contribution is -2.02. The summed E-state index contributed by atoms with van der Waals surface area (Å²) in [6, 6.07) is 9.87. The minimum atomic E-state index is -0.0713. The number of rotatable bonds is 2. The summed E-state index contributed by atoms with van der Waals surface area (Å²) in [4.78, 5) is 4.45. The van der Waals surface area contributed by atoms with E-state index in [0.717, 1.165) is 22.2 Å². The number of aliphatic hydroxyl groups is 1. The van der Waals surface area contributed by atoms with Gasteiger partial charge >= 0.3 is 0 Å². The lowest BCUT2D eigenvalue weighted by molar-refractivity contribution is 0.277. The van der Waals surface area contributed by atoms with Crippen LogP contribution in [0.1, 0.15) is 11.3 Å². The summed E-state index contributed by atoms with van der Waals surface area (Å²) in [5.41, 5.74) is 1.73. The molecule has 0 amide bonds. The summed E-state index contributed by atoms with van der Waals surface area (Å²) < 4.78 is 1.75. The molecule has 2 aromatic heterocycles. The summed E-state index contributed by atoms with van der Waals surface area (Å²) in [5, 5.41) is 15.6. The van der Waals surface area contributed by atoms with E-state index >= 15 is 0 Å². The predicted molar refractivity (Wildman–Crippen MR) is 69.5 cm³/mol. The van der Waals surface area contributed by atoms with Gasteiger partial charge in [0, 0.05) is 11.6 Å². The van der Waals surface area contributed by atoms with Crippen molar-refractivity contribution in [1.82, 2.24) is 14.8 Å². The second-order valence-electron chi connectivity index (χ2n) is 4.28. The van der Waals surface area contributed by atoms with Crippen molar-refractivity contribution in [3.63, 3.8) is 0 Å². The average Bonchev–Trinajstić information content (AvgIpc) is 2.84. The van der Waals surface area contributed by atoms with Crippen molar-refractivity contribution < 1.29 is 5.11 Å². The predicted octanol–water partition coefficient (Wildman–Crippen LogP) is 2.22. The molecule has 0 unspecified atom stereocenters. The zero-order valence-corrected chi connectivity index (χ0v) is 10.0. The highest BCUT2D eigenvalue weighted by molar-refractivity contribution is 5.88. The largest absolute Gasteiger partial charge is 0.390 e. The summed E-state index contributed by atoms with van der Waals surface area (Å²) >= 11 is 0. The maximum absolute atomic E-state index is 9.28. The summed E-state index contributed by atoms with van der Waals surface area (Å²) in [7, 11) is 0. The van der Waals surface area contributed by atoms with Crippen LogP contribution >= 0.6 is 0 Å². The molecule has 1 aromatic carbocycles. The van der Waals surface area contributed by atoms with Crippen molar-refractivity contribution in [2.75, 3.05) is 0 Å². The number of aliphatic hydroxyl groups excluding tert-OH is 1. The van der Waals surface area contributed by atoms with E-state index in [1.54, 1.807) is 10.9 Å². The third kappa shape index (κ3) is 1.76. The highest BCUT2D eigenvalue weighted by Crippen LogP contribution is 2.21. The lowest BCUT2D eigenvalue weighted by Gasteiger charge is -2.08. The molecule has 0 atom stereocenters. The van der Waals surface area contributed by atoms with Gasteiger partial charge in [-0.3, -0.25) is 0 Å². The van der Waals surface area contributed by atoms with Gasteiger partial charge < -0.3 is 5.11 Å². The Morgan fingerprint density at radius 3 is 2.83 bits per heavy atom. The minimum absolute atomic E-state index is 0.0713. The lowest BCUT2D eigenvalue weighted by atomic mass is 10.1. The minimum Gasteiger partial charge on any atom is -0.390 e. The zero-order chi connectivity index (χ0) is 12.5. The topological polar surface area (TPSA) is 50.9 Å². The summed E-state index contributed by atoms with van der Waals surface area (Å²) in [5.74, 6) is 0.755. The SMILES string of the molecule is Cc1cnn(-c2nc(CO)cc3ccccc23)c1. The Bertz CT molecular complexity index is 703. The van der Waals surface area contributed by atoms with Crippen LogP contribution in [-0.4, -0.2) is 19.9 Å². The fourth-order valence-corrected chi connectivity index (χ4v) is 2.02. The normalized spacial score (nSPS) is 11.0. The molecular weight excluding hydrogens is 226 g/mol. The first kappa shape index (κ1) is 10.9. The van der Waals surface area contributed by atoms with E-state index < -0.39 is 0 Å². The third-order valence-corrected chi connectivity index (χ3v) is 2.86. The Labute approximate surface area is 105 Å². The van der Waals surface area contributed by atoms with Crippen LogP contribution in [0.4, 0.5) is 0 Å². The molecular formula is C14H13N3O. The van der Waals surface area contributed by atoms with E-state index in [1.807, 2.05) is 43.5 Å². The van der Waals surface area contributed by atoms with Crippen molar-refractivity contribution in [3.8, 4) is 5.82 Å². The highest BCUT2D eigenvalue weighted by Gasteiger charge is 2.08. The first-order valence-electron chi connectivity index (χ1n) is 5.79. The molecule has 0 bridgehead atoms. The van der Waals surface area contributed by atoms with Gasteiger partial charge in [-0.2, -0.15) is 5.10 Å². The van der Waals surface area contributed by atoms with Gasteiger partial charge in [0.1, 0.15) is 0 Å². The zero-order valence-electron chi connectivity index (χ0n) is 10.0. The van der Waals surface area contributed by atoms with E-state index in [0.29, 0.717) is 5.69 Å². The van der Waals surface area contributed by atoms with Crippen LogP contribution in [-0.2, 0) is 6.61 Å². The van der Waals surface area contributed by atoms with Gasteiger partial charge in [0.15, 0.2) is 5.82 Å². The van der Waals surface area contributed by atoms with Crippen LogP contribution in [0.2, 0.25) is 0 Å². The number of aryl methyl sites for hydroxylation is 1. The number of fused-ring (bicyclic) bond motifs is 1. The molecule has 0 spiro atoms. The second-order valence-corrected chi connectivity index (χ2v) is 4.28. The van der Waals surface area contributed by atoms with Gasteiger partial charge in [-0.1, -0.05) is 24.3 Å². The number of hydrogen-bond donors (Lipinski definition) is 1. The van der Waals surface area contributed by atoms with Gasteiger partial charge in [-0.05, 0) is 23.9 Å². The average molecular weight is 239 g/mol. The molecule has 0 aliphatic heterocycles. The molecule has 18 heavy (non-hydrogen) atoms. The van der Waals surface area contributed by atoms with E-state index in [4.69, 9.17) is 0 Å². The quantitative estimate of drug-likeness (QED) is 0.746. The van der Waals surface area contributed by atoms with Crippen molar-refractivity contribution in [1.29, 1.82) is 0 Å². The van der Waals surface area contributed by atoms with E-state index in [-0.39, 0.29) is 6.61 Å². The Morgan fingerprint density at radius 1 is 1.28 bits per heavy atom. The molecule has 3 aromatic rings. The summed E-state index contributed by atoms with van der Waals surface area (Å²) in [6.45, 7) is 1.92. The number of aromatic nitrogens is 3. The third-order valence-electron chi connectivity index (χ3n) is 2.86. The highest BCUT2D eigenvalue weighted by atomic mass is 16.3. The monoisotopic (exact) mass is 239 g/mol. The molecule has 0 aliphatic carbocycles. The van der Waals surface area contributed by atoms with Crippen LogP contribution in [0.25, 0.3) is 16.6 Å². The summed E-state index contributed by atoms with van der Waals surface area (Å²) in [6.07, 6.45) is 3.72. The standard InChI is InChI=1S/C14H13N3O/c1-10-7-15-17(8-10)14-13-5-3-2-4-11(13)6-12(9-18)16-14/h2-8,18H,9H2,1H3. The molecule has 3 rings (SSSR count). The first-order valence-corrected chi connectivity index (χ1v) is 5.79. The number of hydrogen-bond acceptors (Lipinski definition) is 3. The molecule has 4 nitrogen and oxygen atoms in total. The fraction of sp³-hybridized carbons (Fsp3) is 0.143.